The van der Waals surface area contributed by atoms with Crippen LogP contribution in [-0.4, -0.2) is 16.7 Å². The molecule has 0 saturated heterocycles. The first kappa shape index (κ1) is 27.2. The molecule has 0 atom stereocenters. The van der Waals surface area contributed by atoms with Crippen LogP contribution < -0.4 is 10.2 Å². The lowest BCUT2D eigenvalue weighted by Gasteiger charge is -2.11. The van der Waals surface area contributed by atoms with Crippen molar-refractivity contribution >= 4 is 28.1 Å². The number of aromatic nitrogens is 1. The third-order valence-corrected chi connectivity index (χ3v) is 6.42. The van der Waals surface area contributed by atoms with Crippen LogP contribution in [0.3, 0.4) is 0 Å². The number of hydrogen-bond acceptors (Lipinski definition) is 3. The van der Waals surface area contributed by atoms with E-state index in [1.54, 1.807) is 0 Å². The minimum Gasteiger partial charge on any atom is -0.489 e. The van der Waals surface area contributed by atoms with Crippen molar-refractivity contribution in [2.45, 2.75) is 33.1 Å². The summed E-state index contributed by atoms with van der Waals surface area (Å²) in [6, 6.07) is 22.3. The molecule has 0 saturated carbocycles. The van der Waals surface area contributed by atoms with Crippen molar-refractivity contribution in [2.75, 3.05) is 0 Å². The van der Waals surface area contributed by atoms with E-state index >= 15 is 0 Å². The summed E-state index contributed by atoms with van der Waals surface area (Å²) in [5.74, 6) is 0.248. The molecule has 1 aromatic heterocycles. The standard InChI is InChI=1S/C29H25BrF3N3O2/c1-19-14-23(17-34-35-28(37)16-22-4-3-5-24(15-22)29(31,32)33)20(2)36(19)26-10-12-27(13-11-26)38-18-21-6-8-25(30)9-7-21/h3-15,17H,16,18H2,1-2H3,(H,35,37)/b34-17+. The van der Waals surface area contributed by atoms with E-state index < -0.39 is 17.6 Å². The highest BCUT2D eigenvalue weighted by atomic mass is 79.9. The van der Waals surface area contributed by atoms with E-state index in [0.29, 0.717) is 6.61 Å². The maximum absolute atomic E-state index is 12.9. The van der Waals surface area contributed by atoms with Gasteiger partial charge in [-0.15, -0.1) is 0 Å². The third kappa shape index (κ3) is 6.92. The molecule has 0 unspecified atom stereocenters. The summed E-state index contributed by atoms with van der Waals surface area (Å²) in [5, 5.41) is 4.01. The SMILES string of the molecule is Cc1cc(/C=N/NC(=O)Cc2cccc(C(F)(F)F)c2)c(C)n1-c1ccc(OCc2ccc(Br)cc2)cc1. The van der Waals surface area contributed by atoms with E-state index in [-0.39, 0.29) is 12.0 Å². The normalized spacial score (nSPS) is 11.6. The molecule has 0 aliphatic carbocycles. The fourth-order valence-corrected chi connectivity index (χ4v) is 4.28. The summed E-state index contributed by atoms with van der Waals surface area (Å²) in [6.07, 6.45) is -3.14. The number of halogens is 4. The fourth-order valence-electron chi connectivity index (χ4n) is 4.01. The minimum absolute atomic E-state index is 0.212. The van der Waals surface area contributed by atoms with Gasteiger partial charge < -0.3 is 9.30 Å². The van der Waals surface area contributed by atoms with Crippen LogP contribution >= 0.6 is 15.9 Å². The maximum atomic E-state index is 12.9. The first-order valence-electron chi connectivity index (χ1n) is 11.7. The molecule has 38 heavy (non-hydrogen) atoms. The maximum Gasteiger partial charge on any atom is 0.416 e. The Bertz CT molecular complexity index is 1440. The van der Waals surface area contributed by atoms with Crippen molar-refractivity contribution in [1.82, 2.24) is 9.99 Å². The Balaban J connectivity index is 1.37. The Morgan fingerprint density at radius 2 is 1.71 bits per heavy atom. The predicted octanol–water partition coefficient (Wildman–Crippen LogP) is 7.15. The molecule has 0 radical (unpaired) electrons. The minimum atomic E-state index is -4.46. The zero-order chi connectivity index (χ0) is 27.3. The Morgan fingerprint density at radius 1 is 1.00 bits per heavy atom. The van der Waals surface area contributed by atoms with E-state index in [2.05, 4.69) is 31.0 Å². The molecule has 0 bridgehead atoms. The van der Waals surface area contributed by atoms with Crippen LogP contribution in [0.25, 0.3) is 5.69 Å². The molecular formula is C29H25BrF3N3O2. The van der Waals surface area contributed by atoms with Gasteiger partial charge in [0.2, 0.25) is 5.91 Å². The average Bonchev–Trinajstić information content (AvgIpc) is 3.16. The second kappa shape index (κ2) is 11.7. The number of hydrogen-bond donors (Lipinski definition) is 1. The predicted molar refractivity (Wildman–Crippen MR) is 145 cm³/mol. The number of ether oxygens (including phenoxy) is 1. The van der Waals surface area contributed by atoms with Crippen molar-refractivity contribution in [3.63, 3.8) is 0 Å². The first-order valence-corrected chi connectivity index (χ1v) is 12.5. The molecule has 1 heterocycles. The van der Waals surface area contributed by atoms with Gasteiger partial charge in [-0.2, -0.15) is 18.3 Å². The van der Waals surface area contributed by atoms with E-state index in [0.717, 1.165) is 50.6 Å². The number of nitrogens with one attached hydrogen (secondary N) is 1. The molecule has 9 heteroatoms. The van der Waals surface area contributed by atoms with Gasteiger partial charge in [0.15, 0.2) is 0 Å². The molecule has 1 N–H and O–H groups in total. The second-order valence-corrected chi connectivity index (χ2v) is 9.65. The molecular weight excluding hydrogens is 559 g/mol. The molecule has 3 aromatic carbocycles. The molecule has 0 aliphatic heterocycles. The van der Waals surface area contributed by atoms with Crippen molar-refractivity contribution in [3.05, 3.63) is 117 Å². The van der Waals surface area contributed by atoms with Crippen molar-refractivity contribution < 1.29 is 22.7 Å². The van der Waals surface area contributed by atoms with Crippen LogP contribution in [0.15, 0.2) is 88.4 Å². The zero-order valence-electron chi connectivity index (χ0n) is 20.7. The molecule has 4 rings (SSSR count). The largest absolute Gasteiger partial charge is 0.489 e. The zero-order valence-corrected chi connectivity index (χ0v) is 22.3. The van der Waals surface area contributed by atoms with Crippen LogP contribution in [0, 0.1) is 13.8 Å². The molecule has 0 aliphatic rings. The van der Waals surface area contributed by atoms with Gasteiger partial charge in [-0.1, -0.05) is 46.3 Å². The highest BCUT2D eigenvalue weighted by Gasteiger charge is 2.30. The van der Waals surface area contributed by atoms with Crippen LogP contribution in [0.5, 0.6) is 5.75 Å². The smallest absolute Gasteiger partial charge is 0.416 e. The highest BCUT2D eigenvalue weighted by molar-refractivity contribution is 9.10. The summed E-state index contributed by atoms with van der Waals surface area (Å²) in [5.41, 5.74) is 6.58. The number of aryl methyl sites for hydroxylation is 1. The van der Waals surface area contributed by atoms with Gasteiger partial charge in [-0.25, -0.2) is 5.43 Å². The van der Waals surface area contributed by atoms with Gasteiger partial charge in [0, 0.05) is 27.1 Å². The molecule has 5 nitrogen and oxygen atoms in total. The van der Waals surface area contributed by atoms with Gasteiger partial charge in [0.25, 0.3) is 0 Å². The monoisotopic (exact) mass is 583 g/mol. The quantitative estimate of drug-likeness (QED) is 0.177. The summed E-state index contributed by atoms with van der Waals surface area (Å²) in [4.78, 5) is 12.2. The van der Waals surface area contributed by atoms with Crippen LogP contribution in [0.1, 0.15) is 33.6 Å². The summed E-state index contributed by atoms with van der Waals surface area (Å²) in [6.45, 7) is 4.37. The van der Waals surface area contributed by atoms with Gasteiger partial charge in [0.1, 0.15) is 12.4 Å². The number of benzene rings is 3. The topological polar surface area (TPSA) is 55.6 Å². The molecule has 4 aromatic rings. The highest BCUT2D eigenvalue weighted by Crippen LogP contribution is 2.29. The number of alkyl halides is 3. The molecule has 0 fully saturated rings. The fraction of sp³-hybridized carbons (Fsp3) is 0.172. The number of nitrogens with zero attached hydrogens (tertiary/aromatic N) is 2. The lowest BCUT2D eigenvalue weighted by molar-refractivity contribution is -0.137. The van der Waals surface area contributed by atoms with E-state index in [4.69, 9.17) is 4.74 Å². The van der Waals surface area contributed by atoms with Crippen molar-refractivity contribution in [2.24, 2.45) is 5.10 Å². The number of hydrazone groups is 1. The number of amides is 1. The van der Waals surface area contributed by atoms with Gasteiger partial charge >= 0.3 is 6.18 Å². The number of carbonyl (C=O) groups excluding carboxylic acids is 1. The number of rotatable bonds is 8. The Kier molecular flexibility index (Phi) is 8.36. The summed E-state index contributed by atoms with van der Waals surface area (Å²) in [7, 11) is 0. The van der Waals surface area contributed by atoms with Crippen LogP contribution in [0.2, 0.25) is 0 Å². The van der Waals surface area contributed by atoms with Gasteiger partial charge in [0.05, 0.1) is 18.2 Å². The second-order valence-electron chi connectivity index (χ2n) is 8.74. The Labute approximate surface area is 227 Å². The first-order chi connectivity index (χ1) is 18.1. The molecule has 196 valence electrons. The molecule has 0 spiro atoms. The van der Waals surface area contributed by atoms with Gasteiger partial charge in [-0.05, 0) is 73.5 Å². The number of carbonyl (C=O) groups is 1. The van der Waals surface area contributed by atoms with E-state index in [1.165, 1.54) is 18.3 Å². The van der Waals surface area contributed by atoms with Crippen LogP contribution in [0.4, 0.5) is 13.2 Å². The Hall–Kier alpha value is -3.85. The molecule has 1 amide bonds. The third-order valence-electron chi connectivity index (χ3n) is 5.90. The summed E-state index contributed by atoms with van der Waals surface area (Å²) >= 11 is 3.42. The van der Waals surface area contributed by atoms with E-state index in [9.17, 15) is 18.0 Å². The lowest BCUT2D eigenvalue weighted by atomic mass is 10.1. The van der Waals surface area contributed by atoms with Crippen LogP contribution in [-0.2, 0) is 24.0 Å². The summed E-state index contributed by atoms with van der Waals surface area (Å²) < 4.78 is 47.6. The Morgan fingerprint density at radius 3 is 2.39 bits per heavy atom. The van der Waals surface area contributed by atoms with Crippen molar-refractivity contribution in [3.8, 4) is 11.4 Å². The van der Waals surface area contributed by atoms with Crippen molar-refractivity contribution in [1.29, 1.82) is 0 Å². The average molecular weight is 584 g/mol. The lowest BCUT2D eigenvalue weighted by Crippen LogP contribution is -2.20. The van der Waals surface area contributed by atoms with E-state index in [1.807, 2.05) is 68.4 Å². The van der Waals surface area contributed by atoms with Gasteiger partial charge in [-0.3, -0.25) is 4.79 Å².